The molecule has 2 nitrogen and oxygen atoms in total. The van der Waals surface area contributed by atoms with Crippen LogP contribution in [0, 0.1) is 6.92 Å². The van der Waals surface area contributed by atoms with E-state index in [-0.39, 0.29) is 0 Å². The second kappa shape index (κ2) is 5.11. The Kier molecular flexibility index (Phi) is 3.75. The van der Waals surface area contributed by atoms with E-state index in [0.717, 1.165) is 30.7 Å². The molecule has 92 valence electrons. The summed E-state index contributed by atoms with van der Waals surface area (Å²) in [5, 5.41) is 5.02. The molecule has 2 aromatic rings. The number of hydrogen-bond donors (Lipinski definition) is 1. The second-order valence-corrected chi connectivity index (χ2v) is 4.81. The van der Waals surface area contributed by atoms with Crippen molar-refractivity contribution in [3.63, 3.8) is 0 Å². The lowest BCUT2D eigenvalue weighted by molar-refractivity contribution is 0.523. The molecule has 0 bridgehead atoms. The van der Waals surface area contributed by atoms with Crippen LogP contribution in [0.1, 0.15) is 30.2 Å². The normalized spacial score (nSPS) is 11.3. The van der Waals surface area contributed by atoms with Gasteiger partial charge in [-0.2, -0.15) is 0 Å². The first-order chi connectivity index (χ1) is 8.17. The van der Waals surface area contributed by atoms with Crippen LogP contribution in [-0.4, -0.2) is 7.05 Å². The summed E-state index contributed by atoms with van der Waals surface area (Å²) in [5.41, 5.74) is 3.30. The first kappa shape index (κ1) is 12.5. The lowest BCUT2D eigenvalue weighted by Crippen LogP contribution is -2.05. The molecule has 17 heavy (non-hydrogen) atoms. The van der Waals surface area contributed by atoms with Gasteiger partial charge in [0.05, 0.1) is 11.6 Å². The monoisotopic (exact) mass is 251 g/mol. The highest BCUT2D eigenvalue weighted by Gasteiger charge is 2.15. The molecule has 1 heterocycles. The predicted molar refractivity (Wildman–Crippen MR) is 72.7 cm³/mol. The summed E-state index contributed by atoms with van der Waals surface area (Å²) >= 11 is 6.23. The fourth-order valence-electron chi connectivity index (χ4n) is 2.22. The zero-order valence-electron chi connectivity index (χ0n) is 10.6. The van der Waals surface area contributed by atoms with Gasteiger partial charge in [-0.05, 0) is 38.1 Å². The highest BCUT2D eigenvalue weighted by Crippen LogP contribution is 2.33. The van der Waals surface area contributed by atoms with E-state index in [1.54, 1.807) is 0 Å². The van der Waals surface area contributed by atoms with Crippen molar-refractivity contribution in [3.8, 4) is 0 Å². The topological polar surface area (TPSA) is 25.2 Å². The lowest BCUT2D eigenvalue weighted by Gasteiger charge is -2.00. The van der Waals surface area contributed by atoms with Crippen LogP contribution >= 0.6 is 11.6 Å². The molecule has 1 aromatic heterocycles. The Balaban J connectivity index is 2.66. The number of halogens is 1. The Bertz CT molecular complexity index is 530. The van der Waals surface area contributed by atoms with Gasteiger partial charge in [0.15, 0.2) is 5.58 Å². The van der Waals surface area contributed by atoms with Gasteiger partial charge in [-0.1, -0.05) is 24.9 Å². The minimum absolute atomic E-state index is 0.708. The molecule has 0 amide bonds. The zero-order valence-corrected chi connectivity index (χ0v) is 11.3. The van der Waals surface area contributed by atoms with Crippen molar-refractivity contribution in [2.45, 2.75) is 33.2 Å². The van der Waals surface area contributed by atoms with Gasteiger partial charge in [0.25, 0.3) is 0 Å². The largest absolute Gasteiger partial charge is 0.458 e. The lowest BCUT2D eigenvalue weighted by atomic mass is 10.0. The third kappa shape index (κ3) is 2.33. The van der Waals surface area contributed by atoms with E-state index < -0.39 is 0 Å². The van der Waals surface area contributed by atoms with Crippen molar-refractivity contribution in [1.82, 2.24) is 5.32 Å². The number of hydrogen-bond acceptors (Lipinski definition) is 2. The van der Waals surface area contributed by atoms with E-state index in [1.165, 1.54) is 16.5 Å². The minimum Gasteiger partial charge on any atom is -0.458 e. The summed E-state index contributed by atoms with van der Waals surface area (Å²) in [7, 11) is 1.93. The maximum absolute atomic E-state index is 6.23. The molecule has 2 rings (SSSR count). The maximum atomic E-state index is 6.23. The fourth-order valence-corrected chi connectivity index (χ4v) is 2.53. The number of benzene rings is 1. The van der Waals surface area contributed by atoms with E-state index in [0.29, 0.717) is 5.02 Å². The SMILES string of the molecule is CCCc1c(CNC)oc2c(Cl)cc(C)cc12. The van der Waals surface area contributed by atoms with E-state index in [2.05, 4.69) is 25.2 Å². The fraction of sp³-hybridized carbons (Fsp3) is 0.429. The van der Waals surface area contributed by atoms with Crippen molar-refractivity contribution in [2.24, 2.45) is 0 Å². The van der Waals surface area contributed by atoms with Crippen molar-refractivity contribution in [1.29, 1.82) is 0 Å². The predicted octanol–water partition coefficient (Wildman–Crippen LogP) is 4.07. The highest BCUT2D eigenvalue weighted by molar-refractivity contribution is 6.35. The summed E-state index contributed by atoms with van der Waals surface area (Å²) in [6.45, 7) is 4.99. The van der Waals surface area contributed by atoms with Gasteiger partial charge in [0.2, 0.25) is 0 Å². The average Bonchev–Trinajstić information content (AvgIpc) is 2.59. The summed E-state index contributed by atoms with van der Waals surface area (Å²) < 4.78 is 5.88. The van der Waals surface area contributed by atoms with Gasteiger partial charge in [0.1, 0.15) is 5.76 Å². The number of fused-ring (bicyclic) bond motifs is 1. The molecule has 0 aliphatic carbocycles. The van der Waals surface area contributed by atoms with Crippen molar-refractivity contribution < 1.29 is 4.42 Å². The first-order valence-corrected chi connectivity index (χ1v) is 6.40. The van der Waals surface area contributed by atoms with Gasteiger partial charge in [-0.25, -0.2) is 0 Å². The third-order valence-electron chi connectivity index (χ3n) is 2.91. The molecular weight excluding hydrogens is 234 g/mol. The molecule has 0 saturated heterocycles. The van der Waals surface area contributed by atoms with Gasteiger partial charge >= 0.3 is 0 Å². The van der Waals surface area contributed by atoms with E-state index in [9.17, 15) is 0 Å². The van der Waals surface area contributed by atoms with Crippen LogP contribution in [0.25, 0.3) is 11.0 Å². The molecule has 0 atom stereocenters. The average molecular weight is 252 g/mol. The van der Waals surface area contributed by atoms with Crippen molar-refractivity contribution >= 4 is 22.6 Å². The molecule has 0 fully saturated rings. The molecule has 0 spiro atoms. The maximum Gasteiger partial charge on any atom is 0.153 e. The quantitative estimate of drug-likeness (QED) is 0.886. The molecule has 3 heteroatoms. The van der Waals surface area contributed by atoms with Gasteiger partial charge < -0.3 is 9.73 Å². The Labute approximate surface area is 107 Å². The smallest absolute Gasteiger partial charge is 0.153 e. The van der Waals surface area contributed by atoms with Gasteiger partial charge in [-0.3, -0.25) is 0 Å². The molecule has 0 radical (unpaired) electrons. The van der Waals surface area contributed by atoms with Crippen LogP contribution in [0.15, 0.2) is 16.5 Å². The van der Waals surface area contributed by atoms with Crippen LogP contribution in [0.4, 0.5) is 0 Å². The Morgan fingerprint density at radius 3 is 2.76 bits per heavy atom. The Morgan fingerprint density at radius 1 is 1.35 bits per heavy atom. The molecule has 0 saturated carbocycles. The van der Waals surface area contributed by atoms with Gasteiger partial charge in [-0.15, -0.1) is 0 Å². The third-order valence-corrected chi connectivity index (χ3v) is 3.19. The standard InChI is InChI=1S/C14H18ClNO/c1-4-5-10-11-6-9(2)7-12(15)14(11)17-13(10)8-16-3/h6-7,16H,4-5,8H2,1-3H3. The summed E-state index contributed by atoms with van der Waals surface area (Å²) in [5.74, 6) is 1.01. The molecule has 0 aliphatic heterocycles. The van der Waals surface area contributed by atoms with E-state index in [4.69, 9.17) is 16.0 Å². The van der Waals surface area contributed by atoms with Crippen molar-refractivity contribution in [2.75, 3.05) is 7.05 Å². The highest BCUT2D eigenvalue weighted by atomic mass is 35.5. The minimum atomic E-state index is 0.708. The van der Waals surface area contributed by atoms with Crippen molar-refractivity contribution in [3.05, 3.63) is 34.0 Å². The van der Waals surface area contributed by atoms with E-state index >= 15 is 0 Å². The molecular formula is C14H18ClNO. The molecule has 1 aromatic carbocycles. The number of furan rings is 1. The van der Waals surface area contributed by atoms with Crippen LogP contribution in [0.3, 0.4) is 0 Å². The Hall–Kier alpha value is -0.990. The van der Waals surface area contributed by atoms with Crippen LogP contribution in [0.2, 0.25) is 5.02 Å². The molecule has 0 aliphatic rings. The zero-order chi connectivity index (χ0) is 12.4. The summed E-state index contributed by atoms with van der Waals surface area (Å²) in [6.07, 6.45) is 2.14. The van der Waals surface area contributed by atoms with Gasteiger partial charge in [0, 0.05) is 10.9 Å². The molecule has 0 unspecified atom stereocenters. The van der Waals surface area contributed by atoms with Crippen LogP contribution in [0.5, 0.6) is 0 Å². The number of aryl methyl sites for hydroxylation is 2. The molecule has 1 N–H and O–H groups in total. The first-order valence-electron chi connectivity index (χ1n) is 6.02. The number of rotatable bonds is 4. The summed E-state index contributed by atoms with van der Waals surface area (Å²) in [6, 6.07) is 4.11. The summed E-state index contributed by atoms with van der Waals surface area (Å²) in [4.78, 5) is 0. The van der Waals surface area contributed by atoms with Crippen LogP contribution in [-0.2, 0) is 13.0 Å². The van der Waals surface area contributed by atoms with E-state index in [1.807, 2.05) is 13.1 Å². The van der Waals surface area contributed by atoms with Crippen LogP contribution < -0.4 is 5.32 Å². The Morgan fingerprint density at radius 2 is 2.12 bits per heavy atom. The second-order valence-electron chi connectivity index (χ2n) is 4.41. The number of nitrogens with one attached hydrogen (secondary N) is 1.